The zero-order valence-corrected chi connectivity index (χ0v) is 10.3. The molecular weight excluding hydrogens is 252 g/mol. The molecule has 1 amide bonds. The summed E-state index contributed by atoms with van der Waals surface area (Å²) in [7, 11) is -3.41. The van der Waals surface area contributed by atoms with Crippen molar-refractivity contribution in [1.29, 1.82) is 0 Å². The molecule has 0 aliphatic carbocycles. The summed E-state index contributed by atoms with van der Waals surface area (Å²) in [6, 6.07) is 4.69. The number of pyridine rings is 1. The predicted octanol–water partition coefficient (Wildman–Crippen LogP) is 1.11. The second-order valence-corrected chi connectivity index (χ2v) is 6.06. The molecule has 0 saturated heterocycles. The van der Waals surface area contributed by atoms with Gasteiger partial charge in [0.05, 0.1) is 0 Å². The smallest absolute Gasteiger partial charge is 0.243 e. The first-order chi connectivity index (χ1) is 7.30. The van der Waals surface area contributed by atoms with Gasteiger partial charge in [0.25, 0.3) is 0 Å². The normalized spacial score (nSPS) is 13.2. The van der Waals surface area contributed by atoms with Crippen LogP contribution in [0.15, 0.2) is 18.2 Å². The van der Waals surface area contributed by atoms with E-state index in [0.29, 0.717) is 0 Å². The fourth-order valence-corrected chi connectivity index (χ4v) is 1.51. The molecule has 7 heteroatoms. The number of rotatable bonds is 3. The molecule has 1 aromatic rings. The van der Waals surface area contributed by atoms with Crippen LogP contribution in [0.5, 0.6) is 0 Å². The summed E-state index contributed by atoms with van der Waals surface area (Å²) in [4.78, 5) is 15.3. The number of sulfone groups is 1. The number of carbonyl (C=O) groups is 1. The van der Waals surface area contributed by atoms with Gasteiger partial charge in [-0.05, 0) is 19.1 Å². The third-order valence-electron chi connectivity index (χ3n) is 1.98. The van der Waals surface area contributed by atoms with E-state index in [9.17, 15) is 13.2 Å². The molecule has 88 valence electrons. The van der Waals surface area contributed by atoms with E-state index in [4.69, 9.17) is 11.6 Å². The van der Waals surface area contributed by atoms with Gasteiger partial charge >= 0.3 is 0 Å². The maximum Gasteiger partial charge on any atom is 0.243 e. The number of carbonyl (C=O) groups excluding carboxylic acids is 1. The van der Waals surface area contributed by atoms with Gasteiger partial charge in [0.1, 0.15) is 16.2 Å². The summed E-state index contributed by atoms with van der Waals surface area (Å²) < 4.78 is 22.2. The zero-order chi connectivity index (χ0) is 12.3. The first-order valence-electron chi connectivity index (χ1n) is 4.43. The number of hydrogen-bond donors (Lipinski definition) is 1. The van der Waals surface area contributed by atoms with Gasteiger partial charge in [0, 0.05) is 6.26 Å². The van der Waals surface area contributed by atoms with E-state index in [-0.39, 0.29) is 11.0 Å². The molecule has 1 aromatic heterocycles. The van der Waals surface area contributed by atoms with Crippen molar-refractivity contribution < 1.29 is 13.2 Å². The Morgan fingerprint density at radius 1 is 1.50 bits per heavy atom. The Balaban J connectivity index is 2.80. The van der Waals surface area contributed by atoms with Crippen LogP contribution in [0.1, 0.15) is 6.92 Å². The van der Waals surface area contributed by atoms with Gasteiger partial charge in [-0.1, -0.05) is 17.7 Å². The van der Waals surface area contributed by atoms with Gasteiger partial charge in [-0.2, -0.15) is 0 Å². The van der Waals surface area contributed by atoms with Crippen molar-refractivity contribution in [2.24, 2.45) is 0 Å². The van der Waals surface area contributed by atoms with Crippen molar-refractivity contribution in [3.05, 3.63) is 23.4 Å². The molecule has 0 spiro atoms. The lowest BCUT2D eigenvalue weighted by atomic mass is 10.4. The highest BCUT2D eigenvalue weighted by atomic mass is 35.5. The van der Waals surface area contributed by atoms with E-state index < -0.39 is 21.0 Å². The third kappa shape index (κ3) is 3.46. The first kappa shape index (κ1) is 12.9. The molecule has 0 aliphatic rings. The predicted molar refractivity (Wildman–Crippen MR) is 62.2 cm³/mol. The number of anilines is 1. The summed E-state index contributed by atoms with van der Waals surface area (Å²) in [6.07, 6.45) is 1.00. The van der Waals surface area contributed by atoms with Crippen LogP contribution in [-0.2, 0) is 14.6 Å². The number of nitrogens with zero attached hydrogens (tertiary/aromatic N) is 1. The fraction of sp³-hybridized carbons (Fsp3) is 0.333. The van der Waals surface area contributed by atoms with Crippen molar-refractivity contribution in [3.8, 4) is 0 Å². The monoisotopic (exact) mass is 262 g/mol. The highest BCUT2D eigenvalue weighted by Gasteiger charge is 2.23. The molecule has 1 N–H and O–H groups in total. The van der Waals surface area contributed by atoms with Crippen LogP contribution in [0.2, 0.25) is 5.15 Å². The second kappa shape index (κ2) is 4.80. The van der Waals surface area contributed by atoms with Crippen molar-refractivity contribution in [2.75, 3.05) is 11.6 Å². The van der Waals surface area contributed by atoms with Crippen LogP contribution >= 0.6 is 11.6 Å². The lowest BCUT2D eigenvalue weighted by Crippen LogP contribution is -2.32. The molecular formula is C9H11ClN2O3S. The summed E-state index contributed by atoms with van der Waals surface area (Å²) in [5, 5.41) is 1.48. The van der Waals surface area contributed by atoms with Gasteiger partial charge in [-0.3, -0.25) is 4.79 Å². The number of nitrogens with one attached hydrogen (secondary N) is 1. The molecule has 16 heavy (non-hydrogen) atoms. The average Bonchev–Trinajstić information content (AvgIpc) is 2.15. The molecule has 0 radical (unpaired) electrons. The van der Waals surface area contributed by atoms with Gasteiger partial charge in [-0.25, -0.2) is 13.4 Å². The quantitative estimate of drug-likeness (QED) is 0.828. The van der Waals surface area contributed by atoms with E-state index >= 15 is 0 Å². The largest absolute Gasteiger partial charge is 0.310 e. The standard InChI is InChI=1S/C9H11ClN2O3S/c1-6(16(2,14)15)9(13)12-8-5-3-4-7(10)11-8/h3-6H,1-2H3,(H,11,12,13). The van der Waals surface area contributed by atoms with Crippen molar-refractivity contribution in [2.45, 2.75) is 12.2 Å². The average molecular weight is 263 g/mol. The Kier molecular flexibility index (Phi) is 3.88. The third-order valence-corrected chi connectivity index (χ3v) is 3.69. The Hall–Kier alpha value is -1.14. The Bertz CT molecular complexity index is 501. The Labute approximate surface area is 98.8 Å². The first-order valence-corrected chi connectivity index (χ1v) is 6.76. The van der Waals surface area contributed by atoms with E-state index in [1.807, 2.05) is 0 Å². The number of hydrogen-bond acceptors (Lipinski definition) is 4. The molecule has 0 bridgehead atoms. The SMILES string of the molecule is CC(C(=O)Nc1cccc(Cl)n1)S(C)(=O)=O. The minimum absolute atomic E-state index is 0.227. The van der Waals surface area contributed by atoms with Gasteiger partial charge in [0.15, 0.2) is 9.84 Å². The van der Waals surface area contributed by atoms with E-state index in [2.05, 4.69) is 10.3 Å². The number of amides is 1. The van der Waals surface area contributed by atoms with Crippen LogP contribution in [-0.4, -0.2) is 30.8 Å². The molecule has 1 heterocycles. The molecule has 0 aromatic carbocycles. The molecule has 1 atom stereocenters. The van der Waals surface area contributed by atoms with E-state index in [1.165, 1.54) is 13.0 Å². The molecule has 1 rings (SSSR count). The summed E-state index contributed by atoms with van der Waals surface area (Å²) in [5.74, 6) is -0.398. The van der Waals surface area contributed by atoms with Crippen LogP contribution in [0.3, 0.4) is 0 Å². The summed E-state index contributed by atoms with van der Waals surface area (Å²) in [5.41, 5.74) is 0. The summed E-state index contributed by atoms with van der Waals surface area (Å²) in [6.45, 7) is 1.31. The topological polar surface area (TPSA) is 76.1 Å². The number of halogens is 1. The maximum atomic E-state index is 11.5. The molecule has 0 aliphatic heterocycles. The molecule has 0 saturated carbocycles. The lowest BCUT2D eigenvalue weighted by Gasteiger charge is -2.09. The van der Waals surface area contributed by atoms with Crippen LogP contribution in [0, 0.1) is 0 Å². The number of aromatic nitrogens is 1. The van der Waals surface area contributed by atoms with Crippen molar-refractivity contribution in [3.63, 3.8) is 0 Å². The lowest BCUT2D eigenvalue weighted by molar-refractivity contribution is -0.115. The Morgan fingerprint density at radius 2 is 2.12 bits per heavy atom. The van der Waals surface area contributed by atoms with Crippen molar-refractivity contribution >= 4 is 33.2 Å². The molecule has 5 nitrogen and oxygen atoms in total. The van der Waals surface area contributed by atoms with Crippen LogP contribution in [0.4, 0.5) is 5.82 Å². The highest BCUT2D eigenvalue weighted by Crippen LogP contribution is 2.10. The summed E-state index contributed by atoms with van der Waals surface area (Å²) >= 11 is 5.62. The van der Waals surface area contributed by atoms with Crippen molar-refractivity contribution in [1.82, 2.24) is 4.98 Å². The van der Waals surface area contributed by atoms with E-state index in [1.54, 1.807) is 12.1 Å². The van der Waals surface area contributed by atoms with Crippen LogP contribution < -0.4 is 5.32 Å². The zero-order valence-electron chi connectivity index (χ0n) is 8.77. The maximum absolute atomic E-state index is 11.5. The molecule has 0 fully saturated rings. The van der Waals surface area contributed by atoms with E-state index in [0.717, 1.165) is 6.26 Å². The van der Waals surface area contributed by atoms with Gasteiger partial charge < -0.3 is 5.32 Å². The molecule has 1 unspecified atom stereocenters. The van der Waals surface area contributed by atoms with Gasteiger partial charge in [0.2, 0.25) is 5.91 Å². The Morgan fingerprint density at radius 3 is 2.62 bits per heavy atom. The fourth-order valence-electron chi connectivity index (χ4n) is 0.900. The highest BCUT2D eigenvalue weighted by molar-refractivity contribution is 7.92. The second-order valence-electron chi connectivity index (χ2n) is 3.31. The minimum atomic E-state index is -3.41. The van der Waals surface area contributed by atoms with Crippen LogP contribution in [0.25, 0.3) is 0 Å². The van der Waals surface area contributed by atoms with Gasteiger partial charge in [-0.15, -0.1) is 0 Å². The minimum Gasteiger partial charge on any atom is -0.310 e.